The van der Waals surface area contributed by atoms with E-state index in [0.29, 0.717) is 17.8 Å². The summed E-state index contributed by atoms with van der Waals surface area (Å²) in [6.45, 7) is 7.42. The Bertz CT molecular complexity index is 1040. The minimum absolute atomic E-state index is 0.150. The number of ether oxygens (including phenoxy) is 1. The van der Waals surface area contributed by atoms with Crippen LogP contribution in [0.3, 0.4) is 0 Å². The normalized spacial score (nSPS) is 29.4. The molecule has 3 saturated carbocycles. The Morgan fingerprint density at radius 1 is 0.794 bits per heavy atom. The fourth-order valence-electron chi connectivity index (χ4n) is 6.98. The van der Waals surface area contributed by atoms with Gasteiger partial charge in [0.25, 0.3) is 0 Å². The molecule has 0 radical (unpaired) electrons. The molecule has 3 aromatic rings. The lowest BCUT2D eigenvalue weighted by Crippen LogP contribution is -2.65. The van der Waals surface area contributed by atoms with E-state index >= 15 is 0 Å². The molecule has 3 aromatic carbocycles. The number of benzene rings is 3. The summed E-state index contributed by atoms with van der Waals surface area (Å²) in [5.41, 5.74) is 2.62. The van der Waals surface area contributed by atoms with Crippen LogP contribution in [0.2, 0.25) is 0 Å². The number of rotatable bonds is 6. The molecular formula is C30H33BO3. The topological polar surface area (TPSA) is 27.7 Å². The highest BCUT2D eigenvalue weighted by Crippen LogP contribution is 2.65. The van der Waals surface area contributed by atoms with E-state index in [1.807, 2.05) is 18.2 Å². The first-order chi connectivity index (χ1) is 16.4. The Balaban J connectivity index is 1.35. The summed E-state index contributed by atoms with van der Waals surface area (Å²) < 4.78 is 20.2. The van der Waals surface area contributed by atoms with E-state index in [0.717, 1.165) is 29.0 Å². The van der Waals surface area contributed by atoms with Crippen molar-refractivity contribution in [2.24, 2.45) is 17.3 Å². The molecule has 0 amide bonds. The van der Waals surface area contributed by atoms with Crippen molar-refractivity contribution in [3.05, 3.63) is 108 Å². The van der Waals surface area contributed by atoms with Crippen molar-refractivity contribution >= 4 is 7.12 Å². The van der Waals surface area contributed by atoms with Crippen molar-refractivity contribution < 1.29 is 14.0 Å². The molecule has 1 saturated heterocycles. The Hall–Kier alpha value is -2.40. The zero-order valence-corrected chi connectivity index (χ0v) is 20.3. The third kappa shape index (κ3) is 3.23. The van der Waals surface area contributed by atoms with Crippen molar-refractivity contribution in [2.45, 2.75) is 50.9 Å². The summed E-state index contributed by atoms with van der Waals surface area (Å²) in [6.07, 6.45) is 2.48. The highest BCUT2D eigenvalue weighted by molar-refractivity contribution is 6.45. The van der Waals surface area contributed by atoms with Gasteiger partial charge in [-0.3, -0.25) is 0 Å². The van der Waals surface area contributed by atoms with Gasteiger partial charge in [0, 0.05) is 0 Å². The van der Waals surface area contributed by atoms with Crippen molar-refractivity contribution in [3.8, 4) is 0 Å². The second-order valence-corrected chi connectivity index (χ2v) is 11.0. The van der Waals surface area contributed by atoms with Gasteiger partial charge in [0.15, 0.2) is 0 Å². The van der Waals surface area contributed by atoms with Crippen LogP contribution in [0.4, 0.5) is 0 Å². The Morgan fingerprint density at radius 2 is 1.29 bits per heavy atom. The van der Waals surface area contributed by atoms with Gasteiger partial charge in [-0.2, -0.15) is 0 Å². The Morgan fingerprint density at radius 3 is 1.76 bits per heavy atom. The fraction of sp³-hybridized carbons (Fsp3) is 0.400. The van der Waals surface area contributed by atoms with Gasteiger partial charge in [0.1, 0.15) is 5.60 Å². The zero-order chi connectivity index (χ0) is 23.4. The maximum Gasteiger partial charge on any atom is 0.485 e. The van der Waals surface area contributed by atoms with Gasteiger partial charge in [-0.25, -0.2) is 0 Å². The lowest BCUT2D eigenvalue weighted by atomic mass is 9.43. The monoisotopic (exact) mass is 452 g/mol. The van der Waals surface area contributed by atoms with Gasteiger partial charge >= 0.3 is 7.12 Å². The predicted molar refractivity (Wildman–Crippen MR) is 135 cm³/mol. The highest BCUT2D eigenvalue weighted by Gasteiger charge is 2.68. The molecule has 0 aromatic heterocycles. The van der Waals surface area contributed by atoms with E-state index in [1.54, 1.807) is 0 Å². The van der Waals surface area contributed by atoms with Crippen molar-refractivity contribution in [1.82, 2.24) is 0 Å². The van der Waals surface area contributed by atoms with Gasteiger partial charge < -0.3 is 14.0 Å². The quantitative estimate of drug-likeness (QED) is 0.326. The summed E-state index contributed by atoms with van der Waals surface area (Å²) in [4.78, 5) is 0. The molecule has 0 N–H and O–H groups in total. The molecule has 4 fully saturated rings. The molecule has 4 aliphatic rings. The second kappa shape index (κ2) is 8.08. The predicted octanol–water partition coefficient (Wildman–Crippen LogP) is 6.26. The number of hydrogen-bond acceptors (Lipinski definition) is 3. The van der Waals surface area contributed by atoms with Crippen LogP contribution in [0.5, 0.6) is 0 Å². The van der Waals surface area contributed by atoms with E-state index in [4.69, 9.17) is 14.0 Å². The van der Waals surface area contributed by atoms with Crippen LogP contribution in [0, 0.1) is 17.3 Å². The van der Waals surface area contributed by atoms with Crippen LogP contribution in [-0.4, -0.2) is 25.3 Å². The summed E-state index contributed by atoms with van der Waals surface area (Å²) in [7, 11) is -0.374. The van der Waals surface area contributed by atoms with Gasteiger partial charge in [0.05, 0.1) is 18.2 Å². The van der Waals surface area contributed by atoms with E-state index in [1.165, 1.54) is 6.42 Å². The highest BCUT2D eigenvalue weighted by atomic mass is 16.7. The van der Waals surface area contributed by atoms with Crippen molar-refractivity contribution in [1.29, 1.82) is 0 Å². The third-order valence-electron chi connectivity index (χ3n) is 8.98. The minimum atomic E-state index is -0.757. The Kier molecular flexibility index (Phi) is 5.25. The SMILES string of the molecule is CC1(C)C2CC1[C@]1(C)OB(COC(c3ccccc3)(c3ccccc3)c3ccccc3)O[C@@H]1C2. The van der Waals surface area contributed by atoms with Crippen LogP contribution in [-0.2, 0) is 19.6 Å². The van der Waals surface area contributed by atoms with Gasteiger partial charge in [-0.15, -0.1) is 0 Å². The fourth-order valence-corrected chi connectivity index (χ4v) is 6.98. The average molecular weight is 452 g/mol. The largest absolute Gasteiger partial charge is 0.485 e. The molecule has 174 valence electrons. The summed E-state index contributed by atoms with van der Waals surface area (Å²) in [6, 6.07) is 31.5. The molecule has 4 atom stereocenters. The molecule has 2 bridgehead atoms. The van der Waals surface area contributed by atoms with Crippen molar-refractivity contribution in [2.75, 3.05) is 6.51 Å². The molecule has 3 aliphatic carbocycles. The standard InChI is InChI=1S/C30H33BO3/c1-28(2)25-19-26(28)29(3)27(20-25)33-31(34-29)21-32-30(22-13-7-4-8-14-22,23-15-9-5-10-16-23)24-17-11-6-12-18-24/h4-18,25-27H,19-21H2,1-3H3/t25?,26?,27-,29+/m1/s1. The molecule has 2 unspecified atom stereocenters. The van der Waals surface area contributed by atoms with Crippen LogP contribution in [0.25, 0.3) is 0 Å². The maximum atomic E-state index is 6.97. The van der Waals surface area contributed by atoms with Crippen LogP contribution < -0.4 is 0 Å². The molecule has 1 aliphatic heterocycles. The molecule has 4 heteroatoms. The molecule has 1 heterocycles. The van der Waals surface area contributed by atoms with E-state index in [-0.39, 0.29) is 18.8 Å². The smallest absolute Gasteiger partial charge is 0.404 e. The summed E-state index contributed by atoms with van der Waals surface area (Å²) in [5, 5.41) is 0. The summed E-state index contributed by atoms with van der Waals surface area (Å²) >= 11 is 0. The summed E-state index contributed by atoms with van der Waals surface area (Å²) in [5.74, 6) is 1.27. The molecule has 34 heavy (non-hydrogen) atoms. The molecule has 0 spiro atoms. The first kappa shape index (κ1) is 22.1. The lowest BCUT2D eigenvalue weighted by Gasteiger charge is -2.64. The second-order valence-electron chi connectivity index (χ2n) is 11.0. The van der Waals surface area contributed by atoms with E-state index in [2.05, 4.69) is 93.6 Å². The van der Waals surface area contributed by atoms with Crippen molar-refractivity contribution in [3.63, 3.8) is 0 Å². The molecular weight excluding hydrogens is 419 g/mol. The zero-order valence-electron chi connectivity index (χ0n) is 20.3. The van der Waals surface area contributed by atoms with Gasteiger partial charge in [-0.1, -0.05) is 105 Å². The van der Waals surface area contributed by atoms with E-state index in [9.17, 15) is 0 Å². The average Bonchev–Trinajstić information content (AvgIpc) is 3.22. The van der Waals surface area contributed by atoms with Crippen LogP contribution >= 0.6 is 0 Å². The maximum absolute atomic E-state index is 6.97. The first-order valence-electron chi connectivity index (χ1n) is 12.6. The first-order valence-corrected chi connectivity index (χ1v) is 12.6. The molecule has 7 rings (SSSR count). The van der Waals surface area contributed by atoms with Gasteiger partial charge in [-0.05, 0) is 53.7 Å². The molecule has 3 nitrogen and oxygen atoms in total. The van der Waals surface area contributed by atoms with Gasteiger partial charge in [0.2, 0.25) is 0 Å². The third-order valence-corrected chi connectivity index (χ3v) is 8.98. The minimum Gasteiger partial charge on any atom is -0.404 e. The Labute approximate surface area is 203 Å². The lowest BCUT2D eigenvalue weighted by molar-refractivity contribution is -0.199. The van der Waals surface area contributed by atoms with Crippen LogP contribution in [0.1, 0.15) is 50.3 Å². The van der Waals surface area contributed by atoms with Crippen LogP contribution in [0.15, 0.2) is 91.0 Å². The van der Waals surface area contributed by atoms with E-state index < -0.39 is 5.60 Å². The number of hydrogen-bond donors (Lipinski definition) is 0.